The summed E-state index contributed by atoms with van der Waals surface area (Å²) in [6.07, 6.45) is 0.987. The van der Waals surface area contributed by atoms with Crippen molar-refractivity contribution < 1.29 is 53.6 Å². The molecule has 168 valence electrons. The maximum absolute atomic E-state index is 5.47. The van der Waals surface area contributed by atoms with Crippen LogP contribution in [0.1, 0.15) is 5.56 Å². The molecule has 2 aromatic carbocycles. The number of halogens is 2. The number of hydrogen-bond acceptors (Lipinski definition) is 4. The molecule has 0 radical (unpaired) electrons. The van der Waals surface area contributed by atoms with E-state index in [1.165, 1.54) is 16.2 Å². The van der Waals surface area contributed by atoms with Crippen molar-refractivity contribution in [3.8, 4) is 23.0 Å². The first-order valence-electron chi connectivity index (χ1n) is 9.80. The summed E-state index contributed by atoms with van der Waals surface area (Å²) in [6, 6.07) is 12.5. The highest BCUT2D eigenvalue weighted by molar-refractivity contribution is 5.53. The minimum atomic E-state index is 0. The second-order valence-electron chi connectivity index (χ2n) is 7.12. The molecule has 0 saturated carbocycles. The van der Waals surface area contributed by atoms with Gasteiger partial charge in [0.25, 0.3) is 0 Å². The highest BCUT2D eigenvalue weighted by Gasteiger charge is 2.25. The zero-order valence-corrected chi connectivity index (χ0v) is 19.6. The molecule has 30 heavy (non-hydrogen) atoms. The first kappa shape index (κ1) is 26.2. The van der Waals surface area contributed by atoms with Gasteiger partial charge >= 0.3 is 0 Å². The van der Waals surface area contributed by atoms with Crippen LogP contribution in [0.4, 0.5) is 5.69 Å². The largest absolute Gasteiger partial charge is 1.00 e. The first-order valence-corrected chi connectivity index (χ1v) is 9.80. The highest BCUT2D eigenvalue weighted by Crippen LogP contribution is 2.38. The minimum Gasteiger partial charge on any atom is -1.00 e. The topological polar surface area (TPSA) is 45.8 Å². The van der Waals surface area contributed by atoms with Crippen molar-refractivity contribution >= 4 is 5.69 Å². The number of methoxy groups -OCH3 is 4. The number of nitrogens with one attached hydrogen (secondary N) is 2. The summed E-state index contributed by atoms with van der Waals surface area (Å²) in [7, 11) is 6.67. The minimum absolute atomic E-state index is 0. The Bertz CT molecular complexity index is 758. The van der Waals surface area contributed by atoms with Crippen LogP contribution in [-0.4, -0.2) is 61.2 Å². The fraction of sp³-hybridized carbons (Fsp3) is 0.455. The second kappa shape index (κ2) is 12.7. The van der Waals surface area contributed by atoms with Gasteiger partial charge in [0.2, 0.25) is 5.75 Å². The van der Waals surface area contributed by atoms with Gasteiger partial charge in [-0.1, -0.05) is 6.07 Å². The van der Waals surface area contributed by atoms with Crippen molar-refractivity contribution in [3.63, 3.8) is 0 Å². The van der Waals surface area contributed by atoms with Crippen LogP contribution >= 0.6 is 0 Å². The fourth-order valence-electron chi connectivity index (χ4n) is 3.89. The average molecular weight is 459 g/mol. The Kier molecular flexibility index (Phi) is 11.1. The number of ether oxygens (including phenoxy) is 4. The van der Waals surface area contributed by atoms with E-state index in [9.17, 15) is 0 Å². The van der Waals surface area contributed by atoms with E-state index in [-0.39, 0.29) is 24.8 Å². The molecule has 1 aliphatic heterocycles. The van der Waals surface area contributed by atoms with Crippen molar-refractivity contribution in [2.24, 2.45) is 0 Å². The van der Waals surface area contributed by atoms with Crippen molar-refractivity contribution in [3.05, 3.63) is 42.0 Å². The van der Waals surface area contributed by atoms with E-state index in [1.54, 1.807) is 33.3 Å². The Hall–Kier alpha value is -1.86. The van der Waals surface area contributed by atoms with Crippen molar-refractivity contribution in [1.29, 1.82) is 0 Å². The van der Waals surface area contributed by atoms with Gasteiger partial charge in [0, 0.05) is 12.5 Å². The number of benzene rings is 2. The molecular formula is C22H32Cl2N2O4. The van der Waals surface area contributed by atoms with Gasteiger partial charge in [-0.2, -0.15) is 0 Å². The Balaban J connectivity index is 0.00000225. The van der Waals surface area contributed by atoms with Gasteiger partial charge in [-0.3, -0.25) is 4.90 Å². The van der Waals surface area contributed by atoms with Gasteiger partial charge in [0.1, 0.15) is 37.6 Å². The van der Waals surface area contributed by atoms with Gasteiger partial charge in [0.15, 0.2) is 11.5 Å². The molecule has 0 amide bonds. The van der Waals surface area contributed by atoms with E-state index < -0.39 is 0 Å². The van der Waals surface area contributed by atoms with Crippen molar-refractivity contribution in [2.45, 2.75) is 6.42 Å². The Morgan fingerprint density at radius 3 is 1.93 bits per heavy atom. The lowest BCUT2D eigenvalue weighted by atomic mass is 10.1. The van der Waals surface area contributed by atoms with Gasteiger partial charge in [-0.15, -0.1) is 0 Å². The monoisotopic (exact) mass is 458 g/mol. The van der Waals surface area contributed by atoms with Crippen molar-refractivity contribution in [1.82, 2.24) is 0 Å². The Morgan fingerprint density at radius 1 is 0.767 bits per heavy atom. The van der Waals surface area contributed by atoms with Crippen LogP contribution in [0.5, 0.6) is 23.0 Å². The normalized spacial score (nSPS) is 17.9. The van der Waals surface area contributed by atoms with Crippen LogP contribution < -0.4 is 53.6 Å². The summed E-state index contributed by atoms with van der Waals surface area (Å²) in [6.45, 7) is 5.70. The van der Waals surface area contributed by atoms with Crippen LogP contribution in [-0.2, 0) is 6.42 Å². The number of rotatable bonds is 8. The maximum atomic E-state index is 5.47. The summed E-state index contributed by atoms with van der Waals surface area (Å²) >= 11 is 0. The summed E-state index contributed by atoms with van der Waals surface area (Å²) in [5.74, 6) is 3.03. The zero-order valence-electron chi connectivity index (χ0n) is 18.1. The maximum Gasteiger partial charge on any atom is 0.203 e. The number of quaternary nitrogens is 2. The van der Waals surface area contributed by atoms with E-state index in [1.807, 2.05) is 6.07 Å². The summed E-state index contributed by atoms with van der Waals surface area (Å²) in [5.41, 5.74) is 2.53. The third-order valence-electron chi connectivity index (χ3n) is 5.53. The zero-order chi connectivity index (χ0) is 19.9. The van der Waals surface area contributed by atoms with Crippen LogP contribution in [0.25, 0.3) is 0 Å². The smallest absolute Gasteiger partial charge is 0.203 e. The standard InChI is InChI=1S/C22H30N2O4.2ClH/c1-25-19-7-5-6-18(16-19)24-12-10-23(11-13-24)9-8-17-14-20(26-2)22(28-4)21(15-17)27-3;;/h5-7,14-16H,8-13H2,1-4H3;2*1H. The molecule has 0 aliphatic carbocycles. The van der Waals surface area contributed by atoms with Gasteiger partial charge < -0.3 is 48.7 Å². The molecule has 1 saturated heterocycles. The first-order chi connectivity index (χ1) is 13.7. The molecule has 0 unspecified atom stereocenters. The quantitative estimate of drug-likeness (QED) is 0.414. The molecule has 1 fully saturated rings. The highest BCUT2D eigenvalue weighted by atomic mass is 35.5. The van der Waals surface area contributed by atoms with Gasteiger partial charge in [-0.25, -0.2) is 0 Å². The van der Waals surface area contributed by atoms with E-state index in [2.05, 4.69) is 30.3 Å². The Morgan fingerprint density at radius 2 is 1.40 bits per heavy atom. The lowest BCUT2D eigenvalue weighted by molar-refractivity contribution is -0.986. The third kappa shape index (κ3) is 6.32. The second-order valence-corrected chi connectivity index (χ2v) is 7.12. The average Bonchev–Trinajstić information content (AvgIpc) is 2.77. The van der Waals surface area contributed by atoms with E-state index in [0.717, 1.165) is 56.4 Å². The molecule has 0 spiro atoms. The predicted molar refractivity (Wildman–Crippen MR) is 109 cm³/mol. The molecule has 8 heteroatoms. The summed E-state index contributed by atoms with van der Waals surface area (Å²) < 4.78 is 21.7. The molecule has 6 nitrogen and oxygen atoms in total. The predicted octanol–water partition coefficient (Wildman–Crippen LogP) is -5.61. The van der Waals surface area contributed by atoms with Gasteiger partial charge in [0.05, 0.1) is 35.0 Å². The summed E-state index contributed by atoms with van der Waals surface area (Å²) in [4.78, 5) is 3.18. The molecule has 1 aliphatic rings. The molecule has 0 aromatic heterocycles. The molecule has 0 bridgehead atoms. The molecule has 2 N–H and O–H groups in total. The van der Waals surface area contributed by atoms with Crippen LogP contribution in [0.15, 0.2) is 36.4 Å². The number of piperazine rings is 1. The molecule has 2 aromatic rings. The lowest BCUT2D eigenvalue weighted by Gasteiger charge is -2.29. The van der Waals surface area contributed by atoms with E-state index >= 15 is 0 Å². The molecule has 3 rings (SSSR count). The summed E-state index contributed by atoms with van der Waals surface area (Å²) in [5, 5.41) is 0. The lowest BCUT2D eigenvalue weighted by Crippen LogP contribution is -3.26. The molecule has 1 heterocycles. The van der Waals surface area contributed by atoms with E-state index in [4.69, 9.17) is 18.9 Å². The van der Waals surface area contributed by atoms with E-state index in [0.29, 0.717) is 5.75 Å². The fourth-order valence-corrected chi connectivity index (χ4v) is 3.89. The third-order valence-corrected chi connectivity index (χ3v) is 5.53. The van der Waals surface area contributed by atoms with Gasteiger partial charge in [-0.05, 0) is 29.8 Å². The van der Waals surface area contributed by atoms with Crippen LogP contribution in [0, 0.1) is 0 Å². The van der Waals surface area contributed by atoms with Crippen LogP contribution in [0.3, 0.4) is 0 Å². The van der Waals surface area contributed by atoms with Crippen LogP contribution in [0.2, 0.25) is 0 Å². The molecule has 0 atom stereocenters. The molecular weight excluding hydrogens is 427 g/mol. The number of hydrogen-bond donors (Lipinski definition) is 2. The van der Waals surface area contributed by atoms with Crippen molar-refractivity contribution in [2.75, 3.05) is 61.2 Å². The Labute approximate surface area is 191 Å². The SMILES string of the molecule is COc1cccc([NH+]2CC[NH+](CCc3cc(OC)c(OC)c(OC)c3)CC2)c1.[Cl-].[Cl-].